The van der Waals surface area contributed by atoms with E-state index in [4.69, 9.17) is 4.74 Å². The summed E-state index contributed by atoms with van der Waals surface area (Å²) in [5.41, 5.74) is 1.69. The molecule has 1 heterocycles. The van der Waals surface area contributed by atoms with Crippen LogP contribution in [0.3, 0.4) is 0 Å². The van der Waals surface area contributed by atoms with Gasteiger partial charge in [0.15, 0.2) is 5.13 Å². The normalized spacial score (nSPS) is 20.1. The Kier molecular flexibility index (Phi) is 2.88. The minimum absolute atomic E-state index is 0.619. The maximum atomic E-state index is 5.55. The van der Waals surface area contributed by atoms with Crippen molar-refractivity contribution in [1.82, 2.24) is 4.98 Å². The van der Waals surface area contributed by atoms with E-state index in [-0.39, 0.29) is 0 Å². The second-order valence-corrected chi connectivity index (χ2v) is 7.10. The Morgan fingerprint density at radius 3 is 2.95 bits per heavy atom. The number of hydrogen-bond acceptors (Lipinski definition) is 4. The number of aromatic nitrogens is 1. The van der Waals surface area contributed by atoms with Crippen LogP contribution < -0.4 is 10.1 Å². The molecule has 0 aliphatic heterocycles. The first-order chi connectivity index (χ1) is 9.79. The molecular weight excluding hydrogens is 268 g/mol. The Bertz CT molecular complexity index is 628. The molecule has 2 saturated carbocycles. The molecule has 2 aliphatic carbocycles. The van der Waals surface area contributed by atoms with Gasteiger partial charge in [0.25, 0.3) is 0 Å². The van der Waals surface area contributed by atoms with Gasteiger partial charge < -0.3 is 10.1 Å². The first-order valence-electron chi connectivity index (χ1n) is 7.56. The van der Waals surface area contributed by atoms with Crippen molar-refractivity contribution in [2.45, 2.75) is 32.6 Å². The number of fused-ring (bicyclic) bond motifs is 1. The van der Waals surface area contributed by atoms with Crippen LogP contribution in [0.25, 0.3) is 10.2 Å². The molecular formula is C16H20N2OS. The molecule has 1 N–H and O–H groups in total. The van der Waals surface area contributed by atoms with Gasteiger partial charge in [-0.3, -0.25) is 0 Å². The second kappa shape index (κ2) is 4.62. The lowest BCUT2D eigenvalue weighted by molar-refractivity contribution is 0.341. The topological polar surface area (TPSA) is 34.1 Å². The molecule has 0 radical (unpaired) electrons. The molecule has 0 saturated heterocycles. The van der Waals surface area contributed by atoms with Crippen molar-refractivity contribution in [3.8, 4) is 5.75 Å². The standard InChI is InChI=1S/C16H20N2OS/c1-2-19-12-5-6-13-14(9-12)20-15(18-13)17-10-16(7-8-16)11-3-4-11/h5-6,9,11H,2-4,7-8,10H2,1H3,(H,17,18). The number of anilines is 1. The summed E-state index contributed by atoms with van der Waals surface area (Å²) in [6.45, 7) is 3.83. The molecule has 3 nitrogen and oxygen atoms in total. The van der Waals surface area contributed by atoms with Crippen LogP contribution in [0, 0.1) is 11.3 Å². The van der Waals surface area contributed by atoms with Crippen molar-refractivity contribution in [3.63, 3.8) is 0 Å². The third kappa shape index (κ3) is 2.26. The molecule has 2 fully saturated rings. The van der Waals surface area contributed by atoms with Gasteiger partial charge in [0.1, 0.15) is 5.75 Å². The summed E-state index contributed by atoms with van der Waals surface area (Å²) in [6, 6.07) is 6.15. The maximum absolute atomic E-state index is 5.55. The zero-order valence-electron chi connectivity index (χ0n) is 11.8. The molecule has 0 spiro atoms. The summed E-state index contributed by atoms with van der Waals surface area (Å²) in [6.07, 6.45) is 5.70. The van der Waals surface area contributed by atoms with Gasteiger partial charge in [0.05, 0.1) is 16.8 Å². The van der Waals surface area contributed by atoms with Crippen molar-refractivity contribution < 1.29 is 4.74 Å². The van der Waals surface area contributed by atoms with Gasteiger partial charge in [-0.15, -0.1) is 0 Å². The quantitative estimate of drug-likeness (QED) is 0.860. The lowest BCUT2D eigenvalue weighted by Gasteiger charge is -2.13. The molecule has 0 unspecified atom stereocenters. The predicted molar refractivity (Wildman–Crippen MR) is 83.7 cm³/mol. The largest absolute Gasteiger partial charge is 0.494 e. The molecule has 1 aromatic heterocycles. The van der Waals surface area contributed by atoms with Crippen molar-refractivity contribution in [1.29, 1.82) is 0 Å². The van der Waals surface area contributed by atoms with E-state index in [9.17, 15) is 0 Å². The van der Waals surface area contributed by atoms with Crippen LogP contribution in [-0.2, 0) is 0 Å². The average molecular weight is 288 g/mol. The smallest absolute Gasteiger partial charge is 0.183 e. The summed E-state index contributed by atoms with van der Waals surface area (Å²) in [4.78, 5) is 4.68. The highest BCUT2D eigenvalue weighted by atomic mass is 32.1. The van der Waals surface area contributed by atoms with Gasteiger partial charge in [0.2, 0.25) is 0 Å². The van der Waals surface area contributed by atoms with E-state index >= 15 is 0 Å². The second-order valence-electron chi connectivity index (χ2n) is 6.07. The first kappa shape index (κ1) is 12.5. The zero-order valence-corrected chi connectivity index (χ0v) is 12.6. The van der Waals surface area contributed by atoms with Crippen LogP contribution in [0.5, 0.6) is 5.75 Å². The first-order valence-corrected chi connectivity index (χ1v) is 8.38. The number of hydrogen-bond donors (Lipinski definition) is 1. The van der Waals surface area contributed by atoms with Crippen LogP contribution in [0.2, 0.25) is 0 Å². The molecule has 0 bridgehead atoms. The van der Waals surface area contributed by atoms with E-state index in [2.05, 4.69) is 22.4 Å². The van der Waals surface area contributed by atoms with E-state index in [0.29, 0.717) is 12.0 Å². The lowest BCUT2D eigenvalue weighted by Crippen LogP contribution is -2.17. The fourth-order valence-electron chi connectivity index (χ4n) is 3.07. The highest BCUT2D eigenvalue weighted by Crippen LogP contribution is 2.61. The molecule has 4 heteroatoms. The van der Waals surface area contributed by atoms with Crippen LogP contribution in [0.4, 0.5) is 5.13 Å². The summed E-state index contributed by atoms with van der Waals surface area (Å²) < 4.78 is 6.75. The number of nitrogens with zero attached hydrogens (tertiary/aromatic N) is 1. The Morgan fingerprint density at radius 2 is 2.25 bits per heavy atom. The third-order valence-corrected chi connectivity index (χ3v) is 5.57. The molecule has 0 atom stereocenters. The molecule has 106 valence electrons. The summed E-state index contributed by atoms with van der Waals surface area (Å²) in [7, 11) is 0. The Labute approximate surface area is 123 Å². The van der Waals surface area contributed by atoms with Crippen LogP contribution in [-0.4, -0.2) is 18.1 Å². The van der Waals surface area contributed by atoms with E-state index in [0.717, 1.165) is 28.9 Å². The highest BCUT2D eigenvalue weighted by molar-refractivity contribution is 7.22. The minimum Gasteiger partial charge on any atom is -0.494 e. The molecule has 1 aromatic carbocycles. The average Bonchev–Trinajstić information content (AvgIpc) is 3.33. The van der Waals surface area contributed by atoms with E-state index in [1.54, 1.807) is 11.3 Å². The van der Waals surface area contributed by atoms with E-state index < -0.39 is 0 Å². The zero-order chi connectivity index (χ0) is 13.6. The molecule has 2 aromatic rings. The molecule has 0 amide bonds. The number of nitrogens with one attached hydrogen (secondary N) is 1. The van der Waals surface area contributed by atoms with E-state index in [1.165, 1.54) is 30.4 Å². The third-order valence-electron chi connectivity index (χ3n) is 4.60. The fraction of sp³-hybridized carbons (Fsp3) is 0.562. The Hall–Kier alpha value is -1.29. The SMILES string of the molecule is CCOc1ccc2nc(NCC3(C4CC4)CC3)sc2c1. The van der Waals surface area contributed by atoms with Gasteiger partial charge in [-0.1, -0.05) is 11.3 Å². The Balaban J connectivity index is 1.49. The summed E-state index contributed by atoms with van der Waals surface area (Å²) in [5.74, 6) is 1.93. The van der Waals surface area contributed by atoms with Gasteiger partial charge in [-0.05, 0) is 62.1 Å². The van der Waals surface area contributed by atoms with Crippen molar-refractivity contribution in [2.24, 2.45) is 11.3 Å². The van der Waals surface area contributed by atoms with Gasteiger partial charge in [0, 0.05) is 6.54 Å². The molecule has 4 rings (SSSR count). The predicted octanol–water partition coefficient (Wildman–Crippen LogP) is 4.30. The Morgan fingerprint density at radius 1 is 1.40 bits per heavy atom. The molecule has 20 heavy (non-hydrogen) atoms. The van der Waals surface area contributed by atoms with Crippen molar-refractivity contribution in [2.75, 3.05) is 18.5 Å². The number of thiazole rings is 1. The van der Waals surface area contributed by atoms with Gasteiger partial charge in [-0.2, -0.15) is 0 Å². The van der Waals surface area contributed by atoms with E-state index in [1.807, 2.05) is 13.0 Å². The van der Waals surface area contributed by atoms with Crippen LogP contribution in [0.1, 0.15) is 32.6 Å². The fourth-order valence-corrected chi connectivity index (χ4v) is 3.96. The summed E-state index contributed by atoms with van der Waals surface area (Å²) >= 11 is 1.74. The molecule has 2 aliphatic rings. The van der Waals surface area contributed by atoms with Gasteiger partial charge in [-0.25, -0.2) is 4.98 Å². The number of ether oxygens (including phenoxy) is 1. The van der Waals surface area contributed by atoms with Crippen LogP contribution >= 0.6 is 11.3 Å². The number of rotatable bonds is 6. The highest BCUT2D eigenvalue weighted by Gasteiger charge is 2.53. The maximum Gasteiger partial charge on any atom is 0.183 e. The van der Waals surface area contributed by atoms with Gasteiger partial charge >= 0.3 is 0 Å². The van der Waals surface area contributed by atoms with Crippen LogP contribution in [0.15, 0.2) is 18.2 Å². The number of benzene rings is 1. The summed E-state index contributed by atoms with van der Waals surface area (Å²) in [5, 5.41) is 4.63. The minimum atomic E-state index is 0.619. The van der Waals surface area contributed by atoms with Crippen molar-refractivity contribution >= 4 is 26.7 Å². The monoisotopic (exact) mass is 288 g/mol. The lowest BCUT2D eigenvalue weighted by atomic mass is 10.0. The van der Waals surface area contributed by atoms with Crippen molar-refractivity contribution in [3.05, 3.63) is 18.2 Å².